The van der Waals surface area contributed by atoms with Crippen molar-refractivity contribution < 1.29 is 9.59 Å². The minimum atomic E-state index is -0.256. The standard InChI is InChI=1S/C19H19BrN2O2/c20-16-7-3-4-8-17(16)22-18(23)12-21-19(24)15-10-9-13-5-1-2-6-14(13)11-15/h3-4,7-11H,1-2,5-6,12H2,(H,21,24)(H,22,23). The van der Waals surface area contributed by atoms with E-state index < -0.39 is 0 Å². The van der Waals surface area contributed by atoms with Gasteiger partial charge in [0.1, 0.15) is 0 Å². The highest BCUT2D eigenvalue weighted by molar-refractivity contribution is 9.10. The predicted octanol–water partition coefficient (Wildman–Crippen LogP) is 3.70. The van der Waals surface area contributed by atoms with E-state index in [0.29, 0.717) is 11.3 Å². The van der Waals surface area contributed by atoms with E-state index in [2.05, 4.69) is 26.6 Å². The van der Waals surface area contributed by atoms with Gasteiger partial charge in [-0.3, -0.25) is 9.59 Å². The Labute approximate surface area is 149 Å². The van der Waals surface area contributed by atoms with Crippen LogP contribution in [0, 0.1) is 0 Å². The summed E-state index contributed by atoms with van der Waals surface area (Å²) in [4.78, 5) is 24.2. The van der Waals surface area contributed by atoms with Crippen LogP contribution < -0.4 is 10.6 Å². The molecule has 2 aromatic rings. The van der Waals surface area contributed by atoms with Gasteiger partial charge in [0.05, 0.1) is 12.2 Å². The molecule has 1 aliphatic rings. The molecule has 0 saturated heterocycles. The summed E-state index contributed by atoms with van der Waals surface area (Å²) in [6, 6.07) is 13.2. The Morgan fingerprint density at radius 3 is 2.54 bits per heavy atom. The Bertz CT molecular complexity index is 774. The number of rotatable bonds is 4. The SMILES string of the molecule is O=C(CNC(=O)c1ccc2c(c1)CCCC2)Nc1ccccc1Br. The van der Waals surface area contributed by atoms with E-state index in [-0.39, 0.29) is 18.4 Å². The Morgan fingerprint density at radius 2 is 1.75 bits per heavy atom. The lowest BCUT2D eigenvalue weighted by Crippen LogP contribution is -2.33. The summed E-state index contributed by atoms with van der Waals surface area (Å²) in [5.41, 5.74) is 3.89. The van der Waals surface area contributed by atoms with E-state index in [1.54, 1.807) is 6.07 Å². The fraction of sp³-hybridized carbons (Fsp3) is 0.263. The first kappa shape index (κ1) is 16.7. The molecule has 0 saturated carbocycles. The molecule has 4 nitrogen and oxygen atoms in total. The van der Waals surface area contributed by atoms with Gasteiger partial charge in [-0.25, -0.2) is 0 Å². The van der Waals surface area contributed by atoms with Gasteiger partial charge in [0.15, 0.2) is 0 Å². The van der Waals surface area contributed by atoms with Crippen molar-refractivity contribution in [3.63, 3.8) is 0 Å². The largest absolute Gasteiger partial charge is 0.343 e. The molecule has 0 aliphatic heterocycles. The molecule has 0 spiro atoms. The van der Waals surface area contributed by atoms with E-state index in [9.17, 15) is 9.59 Å². The number of anilines is 1. The lowest BCUT2D eigenvalue weighted by atomic mass is 9.90. The summed E-state index contributed by atoms with van der Waals surface area (Å²) < 4.78 is 0.805. The molecule has 2 N–H and O–H groups in total. The third-order valence-electron chi connectivity index (χ3n) is 4.17. The van der Waals surface area contributed by atoms with Gasteiger partial charge in [-0.15, -0.1) is 0 Å². The molecule has 0 unspecified atom stereocenters. The Kier molecular flexibility index (Phi) is 5.30. The van der Waals surface area contributed by atoms with Crippen LogP contribution in [0.4, 0.5) is 5.69 Å². The van der Waals surface area contributed by atoms with Gasteiger partial charge in [-0.2, -0.15) is 0 Å². The fourth-order valence-corrected chi connectivity index (χ4v) is 3.28. The van der Waals surface area contributed by atoms with Gasteiger partial charge in [0.25, 0.3) is 5.91 Å². The van der Waals surface area contributed by atoms with Crippen molar-refractivity contribution in [2.75, 3.05) is 11.9 Å². The average molecular weight is 387 g/mol. The van der Waals surface area contributed by atoms with Crippen molar-refractivity contribution >= 4 is 33.4 Å². The molecular formula is C19H19BrN2O2. The van der Waals surface area contributed by atoms with E-state index in [4.69, 9.17) is 0 Å². The number of amides is 2. The minimum Gasteiger partial charge on any atom is -0.343 e. The van der Waals surface area contributed by atoms with Gasteiger partial charge < -0.3 is 10.6 Å². The van der Waals surface area contributed by atoms with Crippen LogP contribution >= 0.6 is 15.9 Å². The van der Waals surface area contributed by atoms with Crippen LogP contribution in [0.2, 0.25) is 0 Å². The number of hydrogen-bond donors (Lipinski definition) is 2. The van der Waals surface area contributed by atoms with Crippen LogP contribution in [0.15, 0.2) is 46.9 Å². The van der Waals surface area contributed by atoms with Crippen LogP contribution in [-0.4, -0.2) is 18.4 Å². The van der Waals surface area contributed by atoms with E-state index in [1.165, 1.54) is 24.0 Å². The third kappa shape index (κ3) is 4.03. The van der Waals surface area contributed by atoms with Gasteiger partial charge in [-0.05, 0) is 77.0 Å². The number of carbonyl (C=O) groups excluding carboxylic acids is 2. The lowest BCUT2D eigenvalue weighted by Gasteiger charge is -2.16. The van der Waals surface area contributed by atoms with Gasteiger partial charge in [0, 0.05) is 10.0 Å². The number of hydrogen-bond acceptors (Lipinski definition) is 2. The molecule has 24 heavy (non-hydrogen) atoms. The molecule has 0 bridgehead atoms. The van der Waals surface area contributed by atoms with Crippen molar-refractivity contribution in [3.05, 3.63) is 63.6 Å². The first-order valence-corrected chi connectivity index (χ1v) is 8.87. The zero-order valence-corrected chi connectivity index (χ0v) is 14.9. The van der Waals surface area contributed by atoms with Gasteiger partial charge in [0.2, 0.25) is 5.91 Å². The highest BCUT2D eigenvalue weighted by Gasteiger charge is 2.13. The van der Waals surface area contributed by atoms with Gasteiger partial charge in [-0.1, -0.05) is 18.2 Å². The van der Waals surface area contributed by atoms with Crippen molar-refractivity contribution in [1.82, 2.24) is 5.32 Å². The molecule has 0 radical (unpaired) electrons. The van der Waals surface area contributed by atoms with Crippen molar-refractivity contribution in [1.29, 1.82) is 0 Å². The van der Waals surface area contributed by atoms with E-state index in [1.807, 2.05) is 36.4 Å². The molecule has 5 heteroatoms. The number of halogens is 1. The molecular weight excluding hydrogens is 368 g/mol. The van der Waals surface area contributed by atoms with E-state index in [0.717, 1.165) is 17.3 Å². The second kappa shape index (κ2) is 7.62. The second-order valence-electron chi connectivity index (χ2n) is 5.90. The fourth-order valence-electron chi connectivity index (χ4n) is 2.89. The number of nitrogens with one attached hydrogen (secondary N) is 2. The van der Waals surface area contributed by atoms with Crippen LogP contribution in [0.25, 0.3) is 0 Å². The zero-order chi connectivity index (χ0) is 16.9. The summed E-state index contributed by atoms with van der Waals surface area (Å²) >= 11 is 3.37. The van der Waals surface area contributed by atoms with Crippen LogP contribution in [0.1, 0.15) is 34.3 Å². The molecule has 0 atom stereocenters. The first-order valence-electron chi connectivity index (χ1n) is 8.08. The number of carbonyl (C=O) groups is 2. The normalized spacial score (nSPS) is 13.0. The molecule has 0 aromatic heterocycles. The molecule has 3 rings (SSSR count). The van der Waals surface area contributed by atoms with Crippen LogP contribution in [0.5, 0.6) is 0 Å². The average Bonchev–Trinajstić information content (AvgIpc) is 2.61. The number of aryl methyl sites for hydroxylation is 2. The Morgan fingerprint density at radius 1 is 1.00 bits per heavy atom. The van der Waals surface area contributed by atoms with Crippen molar-refractivity contribution in [2.24, 2.45) is 0 Å². The third-order valence-corrected chi connectivity index (χ3v) is 4.86. The molecule has 124 valence electrons. The monoisotopic (exact) mass is 386 g/mol. The topological polar surface area (TPSA) is 58.2 Å². The smallest absolute Gasteiger partial charge is 0.251 e. The summed E-state index contributed by atoms with van der Waals surface area (Å²) in [6.45, 7) is -0.0583. The summed E-state index contributed by atoms with van der Waals surface area (Å²) in [5, 5.41) is 5.45. The Hall–Kier alpha value is -2.14. The number of para-hydroxylation sites is 1. The van der Waals surface area contributed by atoms with Crippen molar-refractivity contribution in [2.45, 2.75) is 25.7 Å². The molecule has 2 amide bonds. The quantitative estimate of drug-likeness (QED) is 0.841. The summed E-state index contributed by atoms with van der Waals surface area (Å²) in [5.74, 6) is -0.473. The minimum absolute atomic E-state index is 0.0583. The summed E-state index contributed by atoms with van der Waals surface area (Å²) in [6.07, 6.45) is 4.50. The van der Waals surface area contributed by atoms with Crippen LogP contribution in [-0.2, 0) is 17.6 Å². The second-order valence-corrected chi connectivity index (χ2v) is 6.76. The van der Waals surface area contributed by atoms with Crippen LogP contribution in [0.3, 0.4) is 0 Å². The predicted molar refractivity (Wildman–Crippen MR) is 98.2 cm³/mol. The first-order chi connectivity index (χ1) is 11.6. The van der Waals surface area contributed by atoms with E-state index >= 15 is 0 Å². The summed E-state index contributed by atoms with van der Waals surface area (Å²) in [7, 11) is 0. The maximum absolute atomic E-state index is 12.3. The molecule has 1 aliphatic carbocycles. The highest BCUT2D eigenvalue weighted by Crippen LogP contribution is 2.22. The zero-order valence-electron chi connectivity index (χ0n) is 13.3. The molecule has 0 fully saturated rings. The lowest BCUT2D eigenvalue weighted by molar-refractivity contribution is -0.115. The maximum Gasteiger partial charge on any atom is 0.251 e. The Balaban J connectivity index is 1.57. The van der Waals surface area contributed by atoms with Gasteiger partial charge >= 0.3 is 0 Å². The number of benzene rings is 2. The highest BCUT2D eigenvalue weighted by atomic mass is 79.9. The number of fused-ring (bicyclic) bond motifs is 1. The van der Waals surface area contributed by atoms with Crippen molar-refractivity contribution in [3.8, 4) is 0 Å². The molecule has 0 heterocycles. The molecule has 2 aromatic carbocycles. The maximum atomic E-state index is 12.3.